The molecule has 0 saturated carbocycles. The van der Waals surface area contributed by atoms with Gasteiger partial charge in [0, 0.05) is 33.4 Å². The van der Waals surface area contributed by atoms with Gasteiger partial charge in [0.2, 0.25) is 0 Å². The predicted octanol–water partition coefficient (Wildman–Crippen LogP) is 2.24. The van der Waals surface area contributed by atoms with Crippen LogP contribution in [0.2, 0.25) is 5.02 Å². The molecule has 0 saturated heterocycles. The van der Waals surface area contributed by atoms with Crippen molar-refractivity contribution in [3.8, 4) is 0 Å². The second-order valence-corrected chi connectivity index (χ2v) is 4.73. The summed E-state index contributed by atoms with van der Waals surface area (Å²) < 4.78 is 7.05. The van der Waals surface area contributed by atoms with E-state index >= 15 is 0 Å². The highest BCUT2D eigenvalue weighted by Crippen LogP contribution is 2.19. The van der Waals surface area contributed by atoms with E-state index in [0.29, 0.717) is 5.92 Å². The molecule has 17 heavy (non-hydrogen) atoms. The van der Waals surface area contributed by atoms with Gasteiger partial charge in [-0.25, -0.2) is 0 Å². The van der Waals surface area contributed by atoms with E-state index in [2.05, 4.69) is 24.3 Å². The number of methoxy groups -OCH3 is 1. The van der Waals surface area contributed by atoms with Crippen LogP contribution in [0.1, 0.15) is 25.2 Å². The SMILES string of the molecule is CCn1nc(C)c(Cl)c1CNCC(C)COC. The highest BCUT2D eigenvalue weighted by atomic mass is 35.5. The number of aryl methyl sites for hydroxylation is 2. The van der Waals surface area contributed by atoms with E-state index in [1.54, 1.807) is 7.11 Å². The molecule has 1 heterocycles. The van der Waals surface area contributed by atoms with Gasteiger partial charge >= 0.3 is 0 Å². The van der Waals surface area contributed by atoms with Gasteiger partial charge < -0.3 is 10.1 Å². The minimum absolute atomic E-state index is 0.498. The maximum absolute atomic E-state index is 6.22. The summed E-state index contributed by atoms with van der Waals surface area (Å²) in [4.78, 5) is 0. The van der Waals surface area contributed by atoms with E-state index in [1.807, 2.05) is 11.6 Å². The zero-order valence-corrected chi connectivity index (χ0v) is 11.8. The number of ether oxygens (including phenoxy) is 1. The van der Waals surface area contributed by atoms with Crippen molar-refractivity contribution in [2.24, 2.45) is 5.92 Å². The molecule has 0 spiro atoms. The fourth-order valence-electron chi connectivity index (χ4n) is 1.82. The Morgan fingerprint density at radius 3 is 2.82 bits per heavy atom. The largest absolute Gasteiger partial charge is 0.384 e. The highest BCUT2D eigenvalue weighted by molar-refractivity contribution is 6.31. The van der Waals surface area contributed by atoms with Gasteiger partial charge in [-0.15, -0.1) is 0 Å². The lowest BCUT2D eigenvalue weighted by atomic mass is 10.2. The average Bonchev–Trinajstić information content (AvgIpc) is 2.57. The second-order valence-electron chi connectivity index (χ2n) is 4.35. The molecule has 0 radical (unpaired) electrons. The molecule has 1 aromatic rings. The zero-order chi connectivity index (χ0) is 12.8. The summed E-state index contributed by atoms with van der Waals surface area (Å²) in [7, 11) is 1.73. The van der Waals surface area contributed by atoms with E-state index in [1.165, 1.54) is 0 Å². The van der Waals surface area contributed by atoms with E-state index in [-0.39, 0.29) is 0 Å². The molecule has 4 nitrogen and oxygen atoms in total. The third-order valence-corrected chi connectivity index (χ3v) is 3.18. The van der Waals surface area contributed by atoms with Crippen LogP contribution in [0.5, 0.6) is 0 Å². The lowest BCUT2D eigenvalue weighted by molar-refractivity contribution is 0.158. The van der Waals surface area contributed by atoms with Crippen molar-refractivity contribution in [3.05, 3.63) is 16.4 Å². The molecule has 1 unspecified atom stereocenters. The van der Waals surface area contributed by atoms with Crippen LogP contribution < -0.4 is 5.32 Å². The summed E-state index contributed by atoms with van der Waals surface area (Å²) in [6.45, 7) is 9.44. The molecule has 1 N–H and O–H groups in total. The van der Waals surface area contributed by atoms with Crippen molar-refractivity contribution in [2.45, 2.75) is 33.9 Å². The van der Waals surface area contributed by atoms with Gasteiger partial charge in [0.15, 0.2) is 0 Å². The van der Waals surface area contributed by atoms with Gasteiger partial charge in [-0.05, 0) is 19.8 Å². The number of halogens is 1. The van der Waals surface area contributed by atoms with Crippen LogP contribution in [0.15, 0.2) is 0 Å². The fraction of sp³-hybridized carbons (Fsp3) is 0.750. The van der Waals surface area contributed by atoms with Crippen molar-refractivity contribution < 1.29 is 4.74 Å². The maximum Gasteiger partial charge on any atom is 0.0860 e. The molecular weight excluding hydrogens is 238 g/mol. The minimum Gasteiger partial charge on any atom is -0.384 e. The summed E-state index contributed by atoms with van der Waals surface area (Å²) in [5.74, 6) is 0.498. The summed E-state index contributed by atoms with van der Waals surface area (Å²) in [5, 5.41) is 8.55. The molecule has 0 aliphatic heterocycles. The maximum atomic E-state index is 6.22. The molecule has 1 atom stereocenters. The van der Waals surface area contributed by atoms with Crippen molar-refractivity contribution in [1.29, 1.82) is 0 Å². The Kier molecular flexibility index (Phi) is 5.95. The summed E-state index contributed by atoms with van der Waals surface area (Å²) >= 11 is 6.22. The van der Waals surface area contributed by atoms with Crippen molar-refractivity contribution >= 4 is 11.6 Å². The van der Waals surface area contributed by atoms with Crippen LogP contribution in [0, 0.1) is 12.8 Å². The lowest BCUT2D eigenvalue weighted by Gasteiger charge is -2.12. The standard InChI is InChI=1S/C12H22ClN3O/c1-5-16-11(12(13)10(3)15-16)7-14-6-9(2)8-17-4/h9,14H,5-8H2,1-4H3. The van der Waals surface area contributed by atoms with Crippen LogP contribution >= 0.6 is 11.6 Å². The third kappa shape index (κ3) is 3.98. The number of nitrogens with zero attached hydrogens (tertiary/aromatic N) is 2. The molecule has 0 amide bonds. The molecule has 98 valence electrons. The van der Waals surface area contributed by atoms with Crippen LogP contribution in [0.3, 0.4) is 0 Å². The Balaban J connectivity index is 2.51. The summed E-state index contributed by atoms with van der Waals surface area (Å²) in [6, 6.07) is 0. The van der Waals surface area contributed by atoms with E-state index in [4.69, 9.17) is 16.3 Å². The van der Waals surface area contributed by atoms with Gasteiger partial charge in [0.05, 0.1) is 16.4 Å². The van der Waals surface area contributed by atoms with E-state index < -0.39 is 0 Å². The minimum atomic E-state index is 0.498. The van der Waals surface area contributed by atoms with Crippen molar-refractivity contribution in [3.63, 3.8) is 0 Å². The molecule has 0 aromatic carbocycles. The molecule has 0 aliphatic rings. The molecule has 1 rings (SSSR count). The first-order valence-corrected chi connectivity index (χ1v) is 6.39. The first-order chi connectivity index (χ1) is 8.10. The first kappa shape index (κ1) is 14.5. The normalized spacial score (nSPS) is 13.0. The first-order valence-electron chi connectivity index (χ1n) is 6.01. The molecule has 1 aromatic heterocycles. The average molecular weight is 260 g/mol. The number of rotatable bonds is 7. The summed E-state index contributed by atoms with van der Waals surface area (Å²) in [6.07, 6.45) is 0. The van der Waals surface area contributed by atoms with Crippen LogP contribution in [-0.4, -0.2) is 30.0 Å². The third-order valence-electron chi connectivity index (χ3n) is 2.69. The van der Waals surface area contributed by atoms with E-state index in [0.717, 1.165) is 42.7 Å². The Morgan fingerprint density at radius 1 is 1.53 bits per heavy atom. The number of aromatic nitrogens is 2. The zero-order valence-electron chi connectivity index (χ0n) is 11.1. The number of hydrogen-bond acceptors (Lipinski definition) is 3. The highest BCUT2D eigenvalue weighted by Gasteiger charge is 2.12. The lowest BCUT2D eigenvalue weighted by Crippen LogP contribution is -2.24. The smallest absolute Gasteiger partial charge is 0.0860 e. The second kappa shape index (κ2) is 6.99. The van der Waals surface area contributed by atoms with Crippen LogP contribution in [0.4, 0.5) is 0 Å². The molecular formula is C12H22ClN3O. The quantitative estimate of drug-likeness (QED) is 0.816. The van der Waals surface area contributed by atoms with Gasteiger partial charge in [-0.1, -0.05) is 18.5 Å². The molecule has 5 heteroatoms. The molecule has 0 bridgehead atoms. The Hall–Kier alpha value is -0.580. The molecule has 0 aliphatic carbocycles. The van der Waals surface area contributed by atoms with Crippen LogP contribution in [0.25, 0.3) is 0 Å². The fourth-order valence-corrected chi connectivity index (χ4v) is 2.02. The Labute approximate surface area is 108 Å². The summed E-state index contributed by atoms with van der Waals surface area (Å²) in [5.41, 5.74) is 1.96. The van der Waals surface area contributed by atoms with Gasteiger partial charge in [0.25, 0.3) is 0 Å². The Morgan fingerprint density at radius 2 is 2.24 bits per heavy atom. The predicted molar refractivity (Wildman–Crippen MR) is 70.4 cm³/mol. The Bertz CT molecular complexity index is 352. The van der Waals surface area contributed by atoms with Crippen molar-refractivity contribution in [2.75, 3.05) is 20.3 Å². The van der Waals surface area contributed by atoms with Crippen molar-refractivity contribution in [1.82, 2.24) is 15.1 Å². The van der Waals surface area contributed by atoms with Crippen LogP contribution in [-0.2, 0) is 17.8 Å². The van der Waals surface area contributed by atoms with Gasteiger partial charge in [-0.3, -0.25) is 4.68 Å². The topological polar surface area (TPSA) is 39.1 Å². The monoisotopic (exact) mass is 259 g/mol. The van der Waals surface area contributed by atoms with E-state index in [9.17, 15) is 0 Å². The van der Waals surface area contributed by atoms with Gasteiger partial charge in [0.1, 0.15) is 0 Å². The molecule has 0 fully saturated rings. The number of nitrogens with one attached hydrogen (secondary N) is 1. The van der Waals surface area contributed by atoms with Gasteiger partial charge in [-0.2, -0.15) is 5.10 Å². The number of hydrogen-bond donors (Lipinski definition) is 1.